The molecule has 1 heterocycles. The number of ether oxygens (including phenoxy) is 2. The first-order chi connectivity index (χ1) is 17.9. The predicted octanol–water partition coefficient (Wildman–Crippen LogP) is 7.40. The zero-order valence-electron chi connectivity index (χ0n) is 21.2. The Labute approximate surface area is 228 Å². The minimum atomic E-state index is -0.364. The monoisotopic (exact) mass is 539 g/mol. The van der Waals surface area contributed by atoms with Gasteiger partial charge < -0.3 is 14.4 Å². The first-order valence-corrected chi connectivity index (χ1v) is 13.7. The Balaban J connectivity index is 1.54. The van der Waals surface area contributed by atoms with Gasteiger partial charge in [0, 0.05) is 47.8 Å². The van der Waals surface area contributed by atoms with Gasteiger partial charge in [0.2, 0.25) is 0 Å². The Kier molecular flexibility index (Phi) is 7.64. The van der Waals surface area contributed by atoms with Crippen LogP contribution in [0.3, 0.4) is 0 Å². The summed E-state index contributed by atoms with van der Waals surface area (Å²) in [6.45, 7) is 3.27. The van der Waals surface area contributed by atoms with Crippen LogP contribution in [0, 0.1) is 0 Å². The van der Waals surface area contributed by atoms with E-state index < -0.39 is 0 Å². The lowest BCUT2D eigenvalue weighted by Crippen LogP contribution is -2.39. The molecule has 5 nitrogen and oxygen atoms in total. The number of ketones is 2. The summed E-state index contributed by atoms with van der Waals surface area (Å²) in [4.78, 5) is 29.1. The Hall–Kier alpha value is -2.76. The van der Waals surface area contributed by atoms with Crippen LogP contribution < -0.4 is 9.47 Å². The quantitative estimate of drug-likeness (QED) is 0.366. The summed E-state index contributed by atoms with van der Waals surface area (Å²) in [7, 11) is 1.60. The third-order valence-corrected chi connectivity index (χ3v) is 8.17. The fraction of sp³-hybridized carbons (Fsp3) is 0.400. The van der Waals surface area contributed by atoms with Crippen LogP contribution in [-0.2, 0) is 16.2 Å². The van der Waals surface area contributed by atoms with E-state index in [-0.39, 0.29) is 17.5 Å². The van der Waals surface area contributed by atoms with Gasteiger partial charge in [0.15, 0.2) is 23.1 Å². The second-order valence-electron chi connectivity index (χ2n) is 9.81. The van der Waals surface area contributed by atoms with Gasteiger partial charge in [0.25, 0.3) is 0 Å². The molecule has 3 aliphatic rings. The van der Waals surface area contributed by atoms with Crippen molar-refractivity contribution in [1.82, 2.24) is 4.90 Å². The zero-order valence-corrected chi connectivity index (χ0v) is 22.8. The van der Waals surface area contributed by atoms with Gasteiger partial charge in [0.1, 0.15) is 6.61 Å². The fourth-order valence-electron chi connectivity index (χ4n) is 5.82. The number of halogens is 2. The summed E-state index contributed by atoms with van der Waals surface area (Å²) < 4.78 is 11.8. The number of rotatable bonds is 7. The van der Waals surface area contributed by atoms with Crippen LogP contribution in [0.5, 0.6) is 11.5 Å². The number of Topliss-reactive ketones (excluding diaryl/α,β-unsaturated/α-hetero) is 2. The Morgan fingerprint density at radius 3 is 2.14 bits per heavy atom. The maximum atomic E-state index is 13.4. The molecule has 0 fully saturated rings. The standard InChI is InChI=1S/C30H31Cl2NO4/c1-3-14-33-22-6-4-8-24(34)29(22)28(30-23(33)7-5-9-25(30)35)19-11-13-26(27(16-19)36-2)37-17-18-10-12-20(31)21(32)15-18/h10-13,15-16,28H,3-9,14,17H2,1-2H3. The molecule has 0 unspecified atom stereocenters. The molecular weight excluding hydrogens is 509 g/mol. The molecule has 2 aliphatic carbocycles. The van der Waals surface area contributed by atoms with E-state index in [0.29, 0.717) is 41.0 Å². The predicted molar refractivity (Wildman–Crippen MR) is 145 cm³/mol. The molecule has 0 bridgehead atoms. The molecular formula is C30H31Cl2NO4. The van der Waals surface area contributed by atoms with Crippen LogP contribution in [-0.4, -0.2) is 30.1 Å². The van der Waals surface area contributed by atoms with E-state index in [1.165, 1.54) is 0 Å². The molecule has 0 aromatic heterocycles. The maximum absolute atomic E-state index is 13.4. The lowest BCUT2D eigenvalue weighted by Gasteiger charge is -2.44. The Bertz CT molecular complexity index is 1270. The highest BCUT2D eigenvalue weighted by Gasteiger charge is 2.43. The van der Waals surface area contributed by atoms with E-state index in [2.05, 4.69) is 11.8 Å². The minimum absolute atomic E-state index is 0.149. The zero-order chi connectivity index (χ0) is 26.1. The number of hydrogen-bond acceptors (Lipinski definition) is 5. The average molecular weight is 540 g/mol. The summed E-state index contributed by atoms with van der Waals surface area (Å²) in [6.07, 6.45) is 5.44. The highest BCUT2D eigenvalue weighted by molar-refractivity contribution is 6.42. The van der Waals surface area contributed by atoms with Gasteiger partial charge >= 0.3 is 0 Å². The largest absolute Gasteiger partial charge is 0.493 e. The maximum Gasteiger partial charge on any atom is 0.161 e. The van der Waals surface area contributed by atoms with Gasteiger partial charge in [-0.25, -0.2) is 0 Å². The molecule has 0 N–H and O–H groups in total. The van der Waals surface area contributed by atoms with Gasteiger partial charge in [-0.1, -0.05) is 42.3 Å². The van der Waals surface area contributed by atoms with Crippen LogP contribution in [0.15, 0.2) is 58.9 Å². The third kappa shape index (κ3) is 4.92. The molecule has 0 atom stereocenters. The van der Waals surface area contributed by atoms with E-state index in [0.717, 1.165) is 72.3 Å². The van der Waals surface area contributed by atoms with Gasteiger partial charge in [0.05, 0.1) is 17.2 Å². The van der Waals surface area contributed by atoms with Crippen molar-refractivity contribution in [1.29, 1.82) is 0 Å². The summed E-state index contributed by atoms with van der Waals surface area (Å²) >= 11 is 12.2. The van der Waals surface area contributed by atoms with E-state index in [1.807, 2.05) is 24.3 Å². The van der Waals surface area contributed by atoms with Crippen molar-refractivity contribution in [3.8, 4) is 11.5 Å². The van der Waals surface area contributed by atoms with Crippen LogP contribution >= 0.6 is 23.2 Å². The van der Waals surface area contributed by atoms with E-state index in [4.69, 9.17) is 32.7 Å². The summed E-state index contributed by atoms with van der Waals surface area (Å²) in [5.41, 5.74) is 5.57. The summed E-state index contributed by atoms with van der Waals surface area (Å²) in [5, 5.41) is 0.969. The van der Waals surface area contributed by atoms with Gasteiger partial charge in [-0.3, -0.25) is 9.59 Å². The van der Waals surface area contributed by atoms with Crippen molar-refractivity contribution in [2.75, 3.05) is 13.7 Å². The lowest BCUT2D eigenvalue weighted by atomic mass is 9.71. The van der Waals surface area contributed by atoms with Crippen molar-refractivity contribution in [2.24, 2.45) is 0 Å². The van der Waals surface area contributed by atoms with E-state index >= 15 is 0 Å². The van der Waals surface area contributed by atoms with Crippen molar-refractivity contribution >= 4 is 34.8 Å². The number of hydrogen-bond donors (Lipinski definition) is 0. The Morgan fingerprint density at radius 2 is 1.54 bits per heavy atom. The fourth-order valence-corrected chi connectivity index (χ4v) is 6.14. The second kappa shape index (κ2) is 10.9. The summed E-state index contributed by atoms with van der Waals surface area (Å²) in [5.74, 6) is 1.07. The van der Waals surface area contributed by atoms with Crippen molar-refractivity contribution in [3.63, 3.8) is 0 Å². The third-order valence-electron chi connectivity index (χ3n) is 7.43. The van der Waals surface area contributed by atoms with E-state index in [9.17, 15) is 9.59 Å². The number of carbonyl (C=O) groups excluding carboxylic acids is 2. The molecule has 0 saturated heterocycles. The number of methoxy groups -OCH3 is 1. The number of carbonyl (C=O) groups is 2. The molecule has 0 saturated carbocycles. The van der Waals surface area contributed by atoms with Crippen molar-refractivity contribution in [2.45, 2.75) is 64.4 Å². The van der Waals surface area contributed by atoms with E-state index in [1.54, 1.807) is 19.2 Å². The average Bonchev–Trinajstić information content (AvgIpc) is 2.90. The molecule has 0 amide bonds. The molecule has 1 aliphatic heterocycles. The first kappa shape index (κ1) is 25.9. The number of allylic oxidation sites excluding steroid dienone is 4. The lowest BCUT2D eigenvalue weighted by molar-refractivity contribution is -0.117. The number of benzene rings is 2. The molecule has 0 spiro atoms. The van der Waals surface area contributed by atoms with Gasteiger partial charge in [-0.2, -0.15) is 0 Å². The highest BCUT2D eigenvalue weighted by Crippen LogP contribution is 2.50. The second-order valence-corrected chi connectivity index (χ2v) is 10.6. The number of nitrogens with zero attached hydrogens (tertiary/aromatic N) is 1. The molecule has 0 radical (unpaired) electrons. The molecule has 5 rings (SSSR count). The highest BCUT2D eigenvalue weighted by atomic mass is 35.5. The van der Waals surface area contributed by atoms with Gasteiger partial charge in [-0.15, -0.1) is 0 Å². The van der Waals surface area contributed by atoms with Crippen LogP contribution in [0.1, 0.15) is 68.9 Å². The van der Waals surface area contributed by atoms with Crippen molar-refractivity contribution in [3.05, 3.63) is 80.1 Å². The van der Waals surface area contributed by atoms with Crippen LogP contribution in [0.4, 0.5) is 0 Å². The molecule has 2 aromatic carbocycles. The SMILES string of the molecule is CCCN1C2=C(C(=O)CCC2)C(c2ccc(OCc3ccc(Cl)c(Cl)c3)c(OC)c2)C2=C1CCCC2=O. The topological polar surface area (TPSA) is 55.8 Å². The minimum Gasteiger partial charge on any atom is -0.493 e. The van der Waals surface area contributed by atoms with Gasteiger partial charge in [-0.05, 0) is 67.5 Å². The smallest absolute Gasteiger partial charge is 0.161 e. The van der Waals surface area contributed by atoms with Crippen LogP contribution in [0.2, 0.25) is 10.0 Å². The van der Waals surface area contributed by atoms with Crippen molar-refractivity contribution < 1.29 is 19.1 Å². The normalized spacial score (nSPS) is 18.2. The first-order valence-electron chi connectivity index (χ1n) is 13.0. The molecule has 7 heteroatoms. The summed E-state index contributed by atoms with van der Waals surface area (Å²) in [6, 6.07) is 11.1. The van der Waals surface area contributed by atoms with Crippen LogP contribution in [0.25, 0.3) is 0 Å². The Morgan fingerprint density at radius 1 is 0.865 bits per heavy atom. The molecule has 37 heavy (non-hydrogen) atoms. The molecule has 2 aromatic rings. The molecule has 194 valence electrons.